The van der Waals surface area contributed by atoms with Gasteiger partial charge < -0.3 is 15.0 Å². The van der Waals surface area contributed by atoms with Crippen molar-refractivity contribution in [3.8, 4) is 0 Å². The van der Waals surface area contributed by atoms with Gasteiger partial charge >= 0.3 is 0 Å². The Labute approximate surface area is 165 Å². The summed E-state index contributed by atoms with van der Waals surface area (Å²) in [6.45, 7) is 2.29. The first-order valence-electron chi connectivity index (χ1n) is 9.45. The van der Waals surface area contributed by atoms with Gasteiger partial charge in [0.25, 0.3) is 5.91 Å². The Balaban J connectivity index is 1.39. The normalized spacial score (nSPS) is 19.3. The second-order valence-corrected chi connectivity index (χ2v) is 7.39. The van der Waals surface area contributed by atoms with Crippen LogP contribution in [0.25, 0.3) is 16.6 Å². The van der Waals surface area contributed by atoms with Gasteiger partial charge in [-0.2, -0.15) is 5.10 Å². The van der Waals surface area contributed by atoms with Gasteiger partial charge in [0.2, 0.25) is 0 Å². The summed E-state index contributed by atoms with van der Waals surface area (Å²) in [4.78, 5) is 21.5. The molecular weight excluding hydrogens is 373 g/mol. The van der Waals surface area contributed by atoms with Gasteiger partial charge in [-0.1, -0.05) is 6.07 Å². The lowest BCUT2D eigenvalue weighted by Crippen LogP contribution is -2.14. The smallest absolute Gasteiger partial charge is 0.256 e. The summed E-state index contributed by atoms with van der Waals surface area (Å²) in [5, 5.41) is 11.3. The van der Waals surface area contributed by atoms with Crippen LogP contribution in [0.2, 0.25) is 0 Å². The van der Waals surface area contributed by atoms with E-state index in [0.717, 1.165) is 22.3 Å². The van der Waals surface area contributed by atoms with Gasteiger partial charge in [0.15, 0.2) is 5.65 Å². The molecule has 1 aliphatic heterocycles. The molecule has 1 saturated heterocycles. The summed E-state index contributed by atoms with van der Waals surface area (Å²) < 4.78 is 17.0. The lowest BCUT2D eigenvalue weighted by Gasteiger charge is -2.05. The number of aromatic nitrogens is 5. The van der Waals surface area contributed by atoms with E-state index >= 15 is 0 Å². The van der Waals surface area contributed by atoms with Gasteiger partial charge in [-0.15, -0.1) is 0 Å². The zero-order valence-electron chi connectivity index (χ0n) is 16.1. The molecule has 0 saturated carbocycles. The van der Waals surface area contributed by atoms with Crippen molar-refractivity contribution in [3.05, 3.63) is 53.7 Å². The van der Waals surface area contributed by atoms with Gasteiger partial charge in [-0.05, 0) is 19.1 Å². The predicted molar refractivity (Wildman–Crippen MR) is 107 cm³/mol. The Bertz CT molecular complexity index is 1240. The largest absolute Gasteiger partial charge is 0.306 e. The number of aryl methyl sites for hydroxylation is 2. The van der Waals surface area contributed by atoms with Crippen molar-refractivity contribution in [2.75, 3.05) is 11.9 Å². The lowest BCUT2D eigenvalue weighted by molar-refractivity contribution is 0.102. The predicted octanol–water partition coefficient (Wildman–Crippen LogP) is 2.55. The summed E-state index contributed by atoms with van der Waals surface area (Å²) in [5.41, 5.74) is 3.76. The Morgan fingerprint density at radius 2 is 2.21 bits per heavy atom. The highest BCUT2D eigenvalue weighted by atomic mass is 19.1. The minimum absolute atomic E-state index is 0.1000. The first kappa shape index (κ1) is 17.7. The van der Waals surface area contributed by atoms with E-state index in [9.17, 15) is 9.18 Å². The Morgan fingerprint density at radius 1 is 1.34 bits per heavy atom. The van der Waals surface area contributed by atoms with Crippen LogP contribution in [0.15, 0.2) is 36.8 Å². The van der Waals surface area contributed by atoms with Crippen molar-refractivity contribution in [2.24, 2.45) is 7.05 Å². The van der Waals surface area contributed by atoms with Gasteiger partial charge in [0, 0.05) is 37.2 Å². The molecule has 1 aromatic carbocycles. The molecule has 5 rings (SSSR count). The van der Waals surface area contributed by atoms with Crippen molar-refractivity contribution < 1.29 is 9.18 Å². The average molecular weight is 393 g/mol. The Kier molecular flexibility index (Phi) is 4.06. The molecule has 0 radical (unpaired) electrons. The van der Waals surface area contributed by atoms with Crippen LogP contribution in [0.5, 0.6) is 0 Å². The SMILES string of the molecule is Cc1nn(C)c2cc(C(=O)Nc3cn4cc([C@H]5C[C@H](F)CN5)nc4cn3)ccc12. The average Bonchev–Trinajstić information content (AvgIpc) is 3.39. The summed E-state index contributed by atoms with van der Waals surface area (Å²) in [5.74, 6) is 0.158. The van der Waals surface area contributed by atoms with Crippen LogP contribution in [-0.2, 0) is 7.05 Å². The van der Waals surface area contributed by atoms with Crippen molar-refractivity contribution in [3.63, 3.8) is 0 Å². The number of nitrogens with one attached hydrogen (secondary N) is 2. The van der Waals surface area contributed by atoms with Crippen molar-refractivity contribution >= 4 is 28.3 Å². The molecular formula is C20H20FN7O. The molecule has 0 spiro atoms. The fourth-order valence-electron chi connectivity index (χ4n) is 3.84. The molecule has 1 fully saturated rings. The van der Waals surface area contributed by atoms with E-state index < -0.39 is 6.17 Å². The number of halogens is 1. The minimum atomic E-state index is -0.849. The van der Waals surface area contributed by atoms with E-state index in [1.807, 2.05) is 32.3 Å². The lowest BCUT2D eigenvalue weighted by atomic mass is 10.1. The van der Waals surface area contributed by atoms with Gasteiger partial charge in [-0.3, -0.25) is 9.48 Å². The molecule has 1 amide bonds. The van der Waals surface area contributed by atoms with Crippen LogP contribution in [0.3, 0.4) is 0 Å². The zero-order valence-corrected chi connectivity index (χ0v) is 16.1. The first-order chi connectivity index (χ1) is 14.0. The highest BCUT2D eigenvalue weighted by molar-refractivity contribution is 6.05. The molecule has 4 aromatic rings. The molecule has 2 N–H and O–H groups in total. The number of hydrogen-bond acceptors (Lipinski definition) is 5. The molecule has 29 heavy (non-hydrogen) atoms. The number of imidazole rings is 1. The standard InChI is InChI=1S/C20H20FN7O/c1-11-14-4-3-12(5-17(14)27(2)26-11)20(29)25-18-10-28-9-16(24-19(28)8-23-18)15-6-13(21)7-22-15/h3-5,8-10,13,15,22H,6-7H2,1-2H3,(H,25,29)/t13-,15+/m0/s1. The maximum absolute atomic E-state index is 13.4. The fraction of sp³-hybridized carbons (Fsp3) is 0.300. The van der Waals surface area contributed by atoms with Gasteiger partial charge in [0.1, 0.15) is 12.0 Å². The molecule has 3 aromatic heterocycles. The van der Waals surface area contributed by atoms with E-state index in [4.69, 9.17) is 0 Å². The number of benzene rings is 1. The number of anilines is 1. The minimum Gasteiger partial charge on any atom is -0.306 e. The first-order valence-corrected chi connectivity index (χ1v) is 9.45. The molecule has 1 aliphatic rings. The fourth-order valence-corrected chi connectivity index (χ4v) is 3.84. The van der Waals surface area contributed by atoms with Crippen LogP contribution >= 0.6 is 0 Å². The molecule has 0 bridgehead atoms. The number of nitrogens with zero attached hydrogens (tertiary/aromatic N) is 5. The quantitative estimate of drug-likeness (QED) is 0.558. The zero-order chi connectivity index (χ0) is 20.1. The van der Waals surface area contributed by atoms with Crippen molar-refractivity contribution in [1.82, 2.24) is 29.5 Å². The van der Waals surface area contributed by atoms with Crippen molar-refractivity contribution in [1.29, 1.82) is 0 Å². The van der Waals surface area contributed by atoms with E-state index in [-0.39, 0.29) is 11.9 Å². The molecule has 4 heterocycles. The second kappa shape index (κ2) is 6.63. The summed E-state index contributed by atoms with van der Waals surface area (Å²) in [6, 6.07) is 5.40. The summed E-state index contributed by atoms with van der Waals surface area (Å²) in [6.07, 6.45) is 4.70. The van der Waals surface area contributed by atoms with E-state index in [1.54, 1.807) is 27.5 Å². The van der Waals surface area contributed by atoms with Crippen LogP contribution in [0.1, 0.15) is 34.2 Å². The Hall–Kier alpha value is -3.33. The number of amides is 1. The van der Waals surface area contributed by atoms with Gasteiger partial charge in [0.05, 0.1) is 35.3 Å². The molecule has 9 heteroatoms. The number of fused-ring (bicyclic) bond motifs is 2. The van der Waals surface area contributed by atoms with Crippen LogP contribution in [-0.4, -0.2) is 42.8 Å². The number of rotatable bonds is 3. The van der Waals surface area contributed by atoms with E-state index in [0.29, 0.717) is 30.0 Å². The van der Waals surface area contributed by atoms with E-state index in [1.165, 1.54) is 0 Å². The van der Waals surface area contributed by atoms with E-state index in [2.05, 4.69) is 25.7 Å². The summed E-state index contributed by atoms with van der Waals surface area (Å²) in [7, 11) is 1.85. The van der Waals surface area contributed by atoms with Crippen LogP contribution in [0, 0.1) is 6.92 Å². The number of carbonyl (C=O) groups excluding carboxylic acids is 1. The summed E-state index contributed by atoms with van der Waals surface area (Å²) >= 11 is 0. The maximum atomic E-state index is 13.4. The highest BCUT2D eigenvalue weighted by Gasteiger charge is 2.26. The molecule has 0 unspecified atom stereocenters. The highest BCUT2D eigenvalue weighted by Crippen LogP contribution is 2.25. The van der Waals surface area contributed by atoms with Crippen molar-refractivity contribution in [2.45, 2.75) is 25.6 Å². The third-order valence-electron chi connectivity index (χ3n) is 5.33. The van der Waals surface area contributed by atoms with Crippen LogP contribution in [0.4, 0.5) is 10.2 Å². The maximum Gasteiger partial charge on any atom is 0.256 e. The topological polar surface area (TPSA) is 89.1 Å². The molecule has 2 atom stereocenters. The number of hydrogen-bond donors (Lipinski definition) is 2. The Morgan fingerprint density at radius 3 is 3.00 bits per heavy atom. The monoisotopic (exact) mass is 393 g/mol. The third-order valence-corrected chi connectivity index (χ3v) is 5.33. The molecule has 0 aliphatic carbocycles. The molecule has 8 nitrogen and oxygen atoms in total. The second-order valence-electron chi connectivity index (χ2n) is 7.39. The van der Waals surface area contributed by atoms with Crippen LogP contribution < -0.4 is 10.6 Å². The number of carbonyl (C=O) groups is 1. The third kappa shape index (κ3) is 3.13. The van der Waals surface area contributed by atoms with Gasteiger partial charge in [-0.25, -0.2) is 14.4 Å². The molecule has 148 valence electrons. The number of alkyl halides is 1.